The third-order valence-electron chi connectivity index (χ3n) is 4.29. The van der Waals surface area contributed by atoms with Crippen molar-refractivity contribution >= 4 is 16.1 Å². The van der Waals surface area contributed by atoms with Gasteiger partial charge in [-0.15, -0.1) is 0 Å². The van der Waals surface area contributed by atoms with Crippen LogP contribution in [0.1, 0.15) is 36.1 Å². The predicted molar refractivity (Wildman–Crippen MR) is 83.2 cm³/mol. The summed E-state index contributed by atoms with van der Waals surface area (Å²) >= 11 is 0. The number of nitrogens with zero attached hydrogens (tertiary/aromatic N) is 2. The Morgan fingerprint density at radius 3 is 3.05 bits per heavy atom. The third-order valence-corrected chi connectivity index (χ3v) is 6.63. The number of halogens is 1. The van der Waals surface area contributed by atoms with Gasteiger partial charge in [0.1, 0.15) is 11.1 Å². The van der Waals surface area contributed by atoms with Crippen molar-refractivity contribution < 1.29 is 12.8 Å². The summed E-state index contributed by atoms with van der Waals surface area (Å²) in [6.45, 7) is 3.78. The summed E-state index contributed by atoms with van der Waals surface area (Å²) in [6, 6.07) is -0.133. The minimum atomic E-state index is -3.62. The van der Waals surface area contributed by atoms with Gasteiger partial charge in [-0.25, -0.2) is 12.8 Å². The number of rotatable bonds is 2. The summed E-state index contributed by atoms with van der Waals surface area (Å²) in [7, 11) is -3.62. The average Bonchev–Trinajstić information content (AvgIpc) is 2.72. The number of pyridine rings is 1. The molecule has 0 spiro atoms. The van der Waals surface area contributed by atoms with Crippen molar-refractivity contribution in [1.82, 2.24) is 14.6 Å². The maximum Gasteiger partial charge on any atom is 0.221 e. The van der Waals surface area contributed by atoms with E-state index in [9.17, 15) is 12.8 Å². The Balaban J connectivity index is 2.02. The zero-order valence-corrected chi connectivity index (χ0v) is 13.3. The highest BCUT2D eigenvalue weighted by atomic mass is 32.2. The smallest absolute Gasteiger partial charge is 0.221 e. The first-order valence-electron chi connectivity index (χ1n) is 7.53. The first-order valence-corrected chi connectivity index (χ1v) is 9.03. The van der Waals surface area contributed by atoms with Crippen molar-refractivity contribution in [2.45, 2.75) is 31.1 Å². The molecule has 2 heterocycles. The summed E-state index contributed by atoms with van der Waals surface area (Å²) in [5.74, 6) is -0.545. The quantitative estimate of drug-likeness (QED) is 0.899. The Kier molecular flexibility index (Phi) is 4.29. The molecule has 0 amide bonds. The number of hydrogen-bond donors (Lipinski definition) is 1. The molecule has 120 valence electrons. The molecule has 1 aliphatic heterocycles. The standard InChI is InChI=1S/C15H20FN3O2S/c1-11-8-17-6-3-7-19(11)22(20,21)14-5-2-4-12-9-18-10-13(16)15(12)14/h2,4,9-11,14,17H,3,5-8H2,1H3. The molecule has 1 aliphatic carbocycles. The van der Waals surface area contributed by atoms with E-state index in [4.69, 9.17) is 0 Å². The number of allylic oxidation sites excluding steroid dienone is 1. The van der Waals surface area contributed by atoms with Gasteiger partial charge in [-0.2, -0.15) is 4.31 Å². The second-order valence-electron chi connectivity index (χ2n) is 5.81. The van der Waals surface area contributed by atoms with Gasteiger partial charge < -0.3 is 5.32 Å². The van der Waals surface area contributed by atoms with Crippen LogP contribution in [0.15, 0.2) is 18.5 Å². The van der Waals surface area contributed by atoms with Gasteiger partial charge in [0, 0.05) is 30.9 Å². The highest BCUT2D eigenvalue weighted by Gasteiger charge is 2.39. The Bertz CT molecular complexity index is 690. The molecule has 1 aromatic rings. The lowest BCUT2D eigenvalue weighted by Crippen LogP contribution is -2.44. The summed E-state index contributed by atoms with van der Waals surface area (Å²) in [4.78, 5) is 3.81. The van der Waals surface area contributed by atoms with E-state index in [1.165, 1.54) is 10.5 Å². The predicted octanol–water partition coefficient (Wildman–Crippen LogP) is 1.69. The number of aromatic nitrogens is 1. The minimum Gasteiger partial charge on any atom is -0.315 e. The molecule has 2 atom stereocenters. The van der Waals surface area contributed by atoms with Crippen molar-refractivity contribution in [2.75, 3.05) is 19.6 Å². The van der Waals surface area contributed by atoms with E-state index in [1.54, 1.807) is 12.2 Å². The summed E-state index contributed by atoms with van der Waals surface area (Å²) in [5.41, 5.74) is 0.808. The molecule has 0 radical (unpaired) electrons. The molecule has 5 nitrogen and oxygen atoms in total. The van der Waals surface area contributed by atoms with E-state index in [2.05, 4.69) is 10.3 Å². The van der Waals surface area contributed by atoms with E-state index in [0.29, 0.717) is 25.1 Å². The van der Waals surface area contributed by atoms with Crippen LogP contribution in [0.2, 0.25) is 0 Å². The molecular formula is C15H20FN3O2S. The second kappa shape index (κ2) is 6.06. The topological polar surface area (TPSA) is 62.3 Å². The Labute approximate surface area is 130 Å². The summed E-state index contributed by atoms with van der Waals surface area (Å²) in [5, 5.41) is 2.36. The SMILES string of the molecule is CC1CNCCCN1S(=O)(=O)C1CC=Cc2cncc(F)c21. The molecule has 0 aromatic carbocycles. The van der Waals surface area contributed by atoms with E-state index in [1.807, 2.05) is 6.92 Å². The lowest BCUT2D eigenvalue weighted by atomic mass is 9.99. The van der Waals surface area contributed by atoms with Crippen LogP contribution < -0.4 is 5.32 Å². The second-order valence-corrected chi connectivity index (χ2v) is 7.88. The molecule has 1 aromatic heterocycles. The first kappa shape index (κ1) is 15.6. The monoisotopic (exact) mass is 325 g/mol. The van der Waals surface area contributed by atoms with Crippen LogP contribution in [-0.2, 0) is 10.0 Å². The lowest BCUT2D eigenvalue weighted by molar-refractivity contribution is 0.347. The van der Waals surface area contributed by atoms with Gasteiger partial charge in [0.05, 0.1) is 6.20 Å². The number of sulfonamides is 1. The van der Waals surface area contributed by atoms with E-state index in [0.717, 1.165) is 19.2 Å². The van der Waals surface area contributed by atoms with Crippen molar-refractivity contribution in [1.29, 1.82) is 0 Å². The zero-order chi connectivity index (χ0) is 15.7. The minimum absolute atomic E-state index is 0.133. The summed E-state index contributed by atoms with van der Waals surface area (Å²) in [6.07, 6.45) is 7.19. The normalized spacial score (nSPS) is 26.5. The first-order chi connectivity index (χ1) is 10.5. The van der Waals surface area contributed by atoms with Crippen molar-refractivity contribution in [3.8, 4) is 0 Å². The van der Waals surface area contributed by atoms with Crippen LogP contribution in [0.5, 0.6) is 0 Å². The lowest BCUT2D eigenvalue weighted by Gasteiger charge is -2.32. The Morgan fingerprint density at radius 2 is 2.23 bits per heavy atom. The maximum absolute atomic E-state index is 14.2. The molecule has 7 heteroatoms. The molecule has 22 heavy (non-hydrogen) atoms. The fraction of sp³-hybridized carbons (Fsp3) is 0.533. The maximum atomic E-state index is 14.2. The zero-order valence-electron chi connectivity index (χ0n) is 12.5. The number of fused-ring (bicyclic) bond motifs is 1. The van der Waals surface area contributed by atoms with Crippen LogP contribution in [0.25, 0.3) is 6.08 Å². The van der Waals surface area contributed by atoms with Crippen molar-refractivity contribution in [3.05, 3.63) is 35.4 Å². The Hall–Kier alpha value is -1.31. The summed E-state index contributed by atoms with van der Waals surface area (Å²) < 4.78 is 41.9. The van der Waals surface area contributed by atoms with Crippen LogP contribution in [0.3, 0.4) is 0 Å². The average molecular weight is 325 g/mol. The molecule has 0 bridgehead atoms. The highest BCUT2D eigenvalue weighted by Crippen LogP contribution is 2.37. The van der Waals surface area contributed by atoms with Gasteiger partial charge in [-0.05, 0) is 31.9 Å². The van der Waals surface area contributed by atoms with Crippen molar-refractivity contribution in [2.24, 2.45) is 0 Å². The fourth-order valence-corrected chi connectivity index (χ4v) is 5.36. The highest BCUT2D eigenvalue weighted by molar-refractivity contribution is 7.89. The van der Waals surface area contributed by atoms with Crippen LogP contribution in [0.4, 0.5) is 4.39 Å². The molecule has 1 saturated heterocycles. The van der Waals surface area contributed by atoms with Crippen LogP contribution >= 0.6 is 0 Å². The van der Waals surface area contributed by atoms with Gasteiger partial charge in [-0.3, -0.25) is 4.98 Å². The van der Waals surface area contributed by atoms with Crippen LogP contribution in [-0.4, -0.2) is 43.4 Å². The molecule has 3 rings (SSSR count). The molecule has 1 N–H and O–H groups in total. The van der Waals surface area contributed by atoms with Gasteiger partial charge in [0.15, 0.2) is 0 Å². The molecule has 1 fully saturated rings. The van der Waals surface area contributed by atoms with Crippen molar-refractivity contribution in [3.63, 3.8) is 0 Å². The Morgan fingerprint density at radius 1 is 1.41 bits per heavy atom. The van der Waals surface area contributed by atoms with E-state index >= 15 is 0 Å². The van der Waals surface area contributed by atoms with Gasteiger partial charge in [0.2, 0.25) is 10.0 Å². The van der Waals surface area contributed by atoms with Gasteiger partial charge in [-0.1, -0.05) is 12.2 Å². The third kappa shape index (κ3) is 2.68. The van der Waals surface area contributed by atoms with E-state index < -0.39 is 21.1 Å². The molecule has 2 aliphatic rings. The van der Waals surface area contributed by atoms with Gasteiger partial charge >= 0.3 is 0 Å². The molecular weight excluding hydrogens is 305 g/mol. The van der Waals surface area contributed by atoms with E-state index in [-0.39, 0.29) is 11.6 Å². The fourth-order valence-electron chi connectivity index (χ4n) is 3.17. The number of hydrogen-bond acceptors (Lipinski definition) is 4. The van der Waals surface area contributed by atoms with Crippen LogP contribution in [0, 0.1) is 5.82 Å². The van der Waals surface area contributed by atoms with Gasteiger partial charge in [0.25, 0.3) is 0 Å². The largest absolute Gasteiger partial charge is 0.315 e. The number of nitrogens with one attached hydrogen (secondary N) is 1. The molecule has 0 saturated carbocycles. The molecule has 2 unspecified atom stereocenters.